The van der Waals surface area contributed by atoms with Crippen molar-refractivity contribution >= 4 is 27.6 Å². The Morgan fingerprint density at radius 1 is 0.500 bits per heavy atom. The lowest BCUT2D eigenvalue weighted by molar-refractivity contribution is 0.660. The molecule has 0 spiro atoms. The molecule has 0 aliphatic heterocycles. The SMILES string of the molecule is CC1(C)c2ccccc2-c2ccc(-c3cccc(-c4cccc5c6ccccc6n(-c6cccc(/C(N)=N/NCc7ccc(-c8ccccc8)cc7)c6)c45)c3)cc21.Cc1ccccc1. The first-order valence-corrected chi connectivity index (χ1v) is 22.0. The molecule has 1 heterocycles. The fourth-order valence-electron chi connectivity index (χ4n) is 9.33. The summed E-state index contributed by atoms with van der Waals surface area (Å²) in [5.41, 5.74) is 29.0. The molecule has 0 atom stereocenters. The predicted molar refractivity (Wildman–Crippen MR) is 270 cm³/mol. The standard InChI is InChI=1S/C53H42N4.C7H8/c1-53(2)48-23-8-6-19-44(48)45-30-29-39(33-49(45)53)38-15-10-16-40(31-38)43-21-12-22-47-46-20-7-9-24-50(46)57(51(43)47)42-18-11-17-41(32-42)52(54)56-55-34-35-25-27-37(28-26-35)36-13-4-3-5-14-36;1-7-5-3-2-4-6-7/h3-33,55H,34H2,1-2H3,(H2,54,56);2-6H,1H3. The molecule has 1 aromatic heterocycles. The number of rotatable bonds is 8. The van der Waals surface area contributed by atoms with Gasteiger partial charge in [0.1, 0.15) is 0 Å². The molecule has 1 aliphatic rings. The molecule has 11 rings (SSSR count). The monoisotopic (exact) mass is 826 g/mol. The topological polar surface area (TPSA) is 55.3 Å². The number of amidine groups is 1. The Hall–Kier alpha value is -7.95. The number of hydrazone groups is 1. The van der Waals surface area contributed by atoms with Crippen LogP contribution in [0.1, 0.15) is 41.7 Å². The number of para-hydroxylation sites is 2. The number of aryl methyl sites for hydroxylation is 1. The average molecular weight is 827 g/mol. The Morgan fingerprint density at radius 2 is 1.09 bits per heavy atom. The molecule has 310 valence electrons. The molecule has 0 saturated heterocycles. The highest BCUT2D eigenvalue weighted by atomic mass is 15.3. The fourth-order valence-corrected chi connectivity index (χ4v) is 9.33. The zero-order valence-electron chi connectivity index (χ0n) is 36.5. The lowest BCUT2D eigenvalue weighted by atomic mass is 9.81. The van der Waals surface area contributed by atoms with Crippen LogP contribution in [0.5, 0.6) is 0 Å². The Bertz CT molecular complexity index is 3300. The zero-order valence-corrected chi connectivity index (χ0v) is 36.5. The van der Waals surface area contributed by atoms with E-state index in [2.05, 4.69) is 224 Å². The van der Waals surface area contributed by atoms with Gasteiger partial charge in [0.25, 0.3) is 0 Å². The van der Waals surface area contributed by atoms with Gasteiger partial charge in [-0.3, -0.25) is 0 Å². The summed E-state index contributed by atoms with van der Waals surface area (Å²) in [6, 6.07) is 77.7. The molecule has 64 heavy (non-hydrogen) atoms. The summed E-state index contributed by atoms with van der Waals surface area (Å²) in [5, 5.41) is 7.01. The van der Waals surface area contributed by atoms with Gasteiger partial charge in [0.05, 0.1) is 17.6 Å². The van der Waals surface area contributed by atoms with Crippen molar-refractivity contribution in [3.8, 4) is 50.2 Å². The highest BCUT2D eigenvalue weighted by Gasteiger charge is 2.35. The van der Waals surface area contributed by atoms with Crippen LogP contribution in [0.2, 0.25) is 0 Å². The van der Waals surface area contributed by atoms with Gasteiger partial charge in [-0.2, -0.15) is 5.10 Å². The average Bonchev–Trinajstić information content (AvgIpc) is 3.81. The molecule has 0 amide bonds. The van der Waals surface area contributed by atoms with Crippen LogP contribution in [0.15, 0.2) is 223 Å². The van der Waals surface area contributed by atoms with Crippen LogP contribution in [0.25, 0.3) is 72.0 Å². The van der Waals surface area contributed by atoms with Crippen LogP contribution in [-0.2, 0) is 12.0 Å². The summed E-state index contributed by atoms with van der Waals surface area (Å²) in [5.74, 6) is 0.437. The minimum absolute atomic E-state index is 0.0557. The van der Waals surface area contributed by atoms with E-state index in [0.717, 1.165) is 27.8 Å². The quantitative estimate of drug-likeness (QED) is 0.0911. The first-order valence-electron chi connectivity index (χ1n) is 22.0. The van der Waals surface area contributed by atoms with Gasteiger partial charge in [0.2, 0.25) is 0 Å². The number of aromatic nitrogens is 1. The maximum absolute atomic E-state index is 6.65. The number of nitrogens with two attached hydrogens (primary N) is 1. The molecular formula is C60H50N4. The van der Waals surface area contributed by atoms with Crippen molar-refractivity contribution in [3.05, 3.63) is 246 Å². The first-order chi connectivity index (χ1) is 31.3. The summed E-state index contributed by atoms with van der Waals surface area (Å²) in [6.45, 7) is 7.34. The highest BCUT2D eigenvalue weighted by molar-refractivity contribution is 6.14. The van der Waals surface area contributed by atoms with Crippen molar-refractivity contribution in [3.63, 3.8) is 0 Å². The van der Waals surface area contributed by atoms with E-state index in [-0.39, 0.29) is 5.41 Å². The van der Waals surface area contributed by atoms with Gasteiger partial charge in [0.15, 0.2) is 5.84 Å². The van der Waals surface area contributed by atoms with Gasteiger partial charge in [-0.25, -0.2) is 0 Å². The second kappa shape index (κ2) is 17.1. The predicted octanol–water partition coefficient (Wildman–Crippen LogP) is 14.5. The number of fused-ring (bicyclic) bond motifs is 6. The Morgan fingerprint density at radius 3 is 1.89 bits per heavy atom. The maximum atomic E-state index is 6.65. The Labute approximate surface area is 376 Å². The molecule has 0 bridgehead atoms. The maximum Gasteiger partial charge on any atom is 0.150 e. The molecule has 9 aromatic carbocycles. The van der Waals surface area contributed by atoms with Crippen LogP contribution in [0, 0.1) is 6.92 Å². The van der Waals surface area contributed by atoms with Crippen molar-refractivity contribution in [2.75, 3.05) is 0 Å². The lowest BCUT2D eigenvalue weighted by Crippen LogP contribution is -2.19. The molecule has 0 saturated carbocycles. The van der Waals surface area contributed by atoms with E-state index in [4.69, 9.17) is 5.73 Å². The number of nitrogens with one attached hydrogen (secondary N) is 1. The summed E-state index contributed by atoms with van der Waals surface area (Å²) in [6.07, 6.45) is 0. The Kier molecular flexibility index (Phi) is 10.7. The van der Waals surface area contributed by atoms with Crippen LogP contribution in [0.4, 0.5) is 0 Å². The second-order valence-electron chi connectivity index (χ2n) is 17.2. The number of hydrogen-bond acceptors (Lipinski definition) is 2. The van der Waals surface area contributed by atoms with E-state index >= 15 is 0 Å². The van der Waals surface area contributed by atoms with E-state index in [9.17, 15) is 0 Å². The van der Waals surface area contributed by atoms with Crippen molar-refractivity contribution in [1.29, 1.82) is 0 Å². The van der Waals surface area contributed by atoms with Gasteiger partial charge in [-0.05, 0) is 92.9 Å². The number of benzene rings is 9. The highest BCUT2D eigenvalue weighted by Crippen LogP contribution is 2.49. The van der Waals surface area contributed by atoms with Crippen molar-refractivity contribution in [1.82, 2.24) is 9.99 Å². The molecule has 1 aliphatic carbocycles. The summed E-state index contributed by atoms with van der Waals surface area (Å²) < 4.78 is 2.38. The van der Waals surface area contributed by atoms with E-state index in [1.54, 1.807) is 0 Å². The fraction of sp³-hybridized carbons (Fsp3) is 0.0833. The Balaban J connectivity index is 0.000000634. The van der Waals surface area contributed by atoms with Gasteiger partial charge in [-0.1, -0.05) is 207 Å². The van der Waals surface area contributed by atoms with Crippen LogP contribution >= 0.6 is 0 Å². The van der Waals surface area contributed by atoms with Gasteiger partial charge in [0, 0.05) is 33.0 Å². The second-order valence-corrected chi connectivity index (χ2v) is 17.2. The van der Waals surface area contributed by atoms with Crippen LogP contribution < -0.4 is 11.2 Å². The first kappa shape index (κ1) is 40.1. The minimum atomic E-state index is -0.0557. The third-order valence-electron chi connectivity index (χ3n) is 12.7. The molecule has 3 N–H and O–H groups in total. The van der Waals surface area contributed by atoms with Crippen LogP contribution in [-0.4, -0.2) is 10.4 Å². The molecule has 0 radical (unpaired) electrons. The van der Waals surface area contributed by atoms with Crippen molar-refractivity contribution in [2.24, 2.45) is 10.8 Å². The third kappa shape index (κ3) is 7.65. The summed E-state index contributed by atoms with van der Waals surface area (Å²) >= 11 is 0. The third-order valence-corrected chi connectivity index (χ3v) is 12.7. The summed E-state index contributed by atoms with van der Waals surface area (Å²) in [7, 11) is 0. The lowest BCUT2D eigenvalue weighted by Gasteiger charge is -2.22. The molecular weight excluding hydrogens is 777 g/mol. The normalized spacial score (nSPS) is 12.6. The van der Waals surface area contributed by atoms with E-state index in [1.165, 1.54) is 72.0 Å². The zero-order chi connectivity index (χ0) is 43.6. The van der Waals surface area contributed by atoms with Crippen LogP contribution in [0.3, 0.4) is 0 Å². The molecule has 4 nitrogen and oxygen atoms in total. The molecule has 4 heteroatoms. The van der Waals surface area contributed by atoms with Crippen molar-refractivity contribution < 1.29 is 0 Å². The van der Waals surface area contributed by atoms with E-state index < -0.39 is 0 Å². The van der Waals surface area contributed by atoms with E-state index in [0.29, 0.717) is 12.4 Å². The smallest absolute Gasteiger partial charge is 0.150 e. The molecule has 10 aromatic rings. The van der Waals surface area contributed by atoms with E-state index in [1.807, 2.05) is 30.3 Å². The molecule has 0 fully saturated rings. The number of nitrogens with zero attached hydrogens (tertiary/aromatic N) is 2. The van der Waals surface area contributed by atoms with Gasteiger partial charge >= 0.3 is 0 Å². The molecule has 0 unspecified atom stereocenters. The van der Waals surface area contributed by atoms with Gasteiger partial charge in [-0.15, -0.1) is 0 Å². The van der Waals surface area contributed by atoms with Crippen molar-refractivity contribution in [2.45, 2.75) is 32.7 Å². The largest absolute Gasteiger partial charge is 0.382 e. The minimum Gasteiger partial charge on any atom is -0.382 e. The summed E-state index contributed by atoms with van der Waals surface area (Å²) in [4.78, 5) is 0. The van der Waals surface area contributed by atoms with Gasteiger partial charge < -0.3 is 15.7 Å². The number of hydrogen-bond donors (Lipinski definition) is 2.